The van der Waals surface area contributed by atoms with Crippen LogP contribution in [0.4, 0.5) is 5.82 Å². The number of nitrogens with two attached hydrogens (primary N) is 1. The molecule has 3 heterocycles. The number of nitrogens with one attached hydrogen (secondary N) is 3. The van der Waals surface area contributed by atoms with Crippen molar-refractivity contribution in [2.24, 2.45) is 0 Å². The second-order valence-corrected chi connectivity index (χ2v) is 8.23. The maximum Gasteiger partial charge on any atom is 0.252 e. The summed E-state index contributed by atoms with van der Waals surface area (Å²) < 4.78 is 5.36. The number of carbonyl (C=O) groups is 1. The Kier molecular flexibility index (Phi) is 6.25. The first kappa shape index (κ1) is 23.5. The van der Waals surface area contributed by atoms with Gasteiger partial charge in [0.1, 0.15) is 23.2 Å². The van der Waals surface area contributed by atoms with Crippen LogP contribution >= 0.6 is 0 Å². The lowest BCUT2D eigenvalue weighted by Crippen LogP contribution is -2.26. The van der Waals surface area contributed by atoms with E-state index in [2.05, 4.69) is 30.2 Å². The number of pyridine rings is 1. The van der Waals surface area contributed by atoms with Crippen LogP contribution in [-0.2, 0) is 6.42 Å². The minimum atomic E-state index is -0.342. The molecular weight excluding hydrogens is 474 g/mol. The van der Waals surface area contributed by atoms with E-state index < -0.39 is 0 Å². The molecule has 0 atom stereocenters. The summed E-state index contributed by atoms with van der Waals surface area (Å²) in [5.41, 5.74) is 9.01. The number of aromatic nitrogens is 5. The number of ether oxygens (including phenoxy) is 1. The monoisotopic (exact) mass is 497 g/mol. The number of phenolic OH excluding ortho intramolecular Hbond substituents is 1. The van der Waals surface area contributed by atoms with Gasteiger partial charge in [0.15, 0.2) is 0 Å². The molecule has 6 N–H and O–H groups in total. The predicted octanol–water partition coefficient (Wildman–Crippen LogP) is 2.64. The first-order valence-corrected chi connectivity index (χ1v) is 11.4. The molecule has 0 saturated carbocycles. The third kappa shape index (κ3) is 4.96. The normalized spacial score (nSPS) is 10.9. The molecule has 1 amide bonds. The average Bonchev–Trinajstić information content (AvgIpc) is 3.31. The fraction of sp³-hybridized carbons (Fsp3) is 0.115. The number of fused-ring (bicyclic) bond motifs is 1. The van der Waals surface area contributed by atoms with Crippen molar-refractivity contribution in [2.45, 2.75) is 6.42 Å². The molecule has 3 aromatic heterocycles. The quantitative estimate of drug-likeness (QED) is 0.228. The van der Waals surface area contributed by atoms with Crippen LogP contribution < -0.4 is 21.3 Å². The summed E-state index contributed by atoms with van der Waals surface area (Å²) in [4.78, 5) is 42.8. The largest absolute Gasteiger partial charge is 0.507 e. The number of hydrogen-bond donors (Lipinski definition) is 5. The van der Waals surface area contributed by atoms with Gasteiger partial charge in [0, 0.05) is 36.4 Å². The van der Waals surface area contributed by atoms with Gasteiger partial charge in [-0.05, 0) is 48.0 Å². The van der Waals surface area contributed by atoms with Crippen molar-refractivity contribution in [3.05, 3.63) is 82.5 Å². The Bertz CT molecular complexity index is 1680. The third-order valence-corrected chi connectivity index (χ3v) is 5.73. The molecule has 0 unspecified atom stereocenters. The Morgan fingerprint density at radius 3 is 2.76 bits per heavy atom. The van der Waals surface area contributed by atoms with Gasteiger partial charge in [-0.15, -0.1) is 0 Å². The van der Waals surface area contributed by atoms with Gasteiger partial charge in [-0.25, -0.2) is 15.0 Å². The molecule has 0 spiro atoms. The molecule has 11 heteroatoms. The highest BCUT2D eigenvalue weighted by Gasteiger charge is 2.15. The maximum atomic E-state index is 12.7. The van der Waals surface area contributed by atoms with Crippen molar-refractivity contribution >= 4 is 22.8 Å². The number of methoxy groups -OCH3 is 1. The fourth-order valence-corrected chi connectivity index (χ4v) is 3.99. The molecule has 11 nitrogen and oxygen atoms in total. The second-order valence-electron chi connectivity index (χ2n) is 8.23. The van der Waals surface area contributed by atoms with E-state index in [1.54, 1.807) is 49.7 Å². The Labute approximate surface area is 210 Å². The number of phenols is 1. The van der Waals surface area contributed by atoms with Crippen molar-refractivity contribution in [3.8, 4) is 34.1 Å². The predicted molar refractivity (Wildman–Crippen MR) is 138 cm³/mol. The lowest BCUT2D eigenvalue weighted by molar-refractivity contribution is 0.0954. The molecule has 0 fully saturated rings. The van der Waals surface area contributed by atoms with Crippen molar-refractivity contribution in [1.82, 2.24) is 30.2 Å². The number of rotatable bonds is 7. The number of nitrogens with zero attached hydrogens (tertiary/aromatic N) is 3. The highest BCUT2D eigenvalue weighted by Crippen LogP contribution is 2.35. The SMILES string of the molecule is COc1ncccc1-c1ccc(O)c(-c2nc3ccc(C(=O)NCCc4nc(N)cc(=O)[nH]4)cc3[nH]2)c1. The number of aromatic hydroxyl groups is 1. The van der Waals surface area contributed by atoms with Crippen LogP contribution in [0.2, 0.25) is 0 Å². The zero-order valence-corrected chi connectivity index (χ0v) is 19.8. The molecule has 0 aliphatic carbocycles. The van der Waals surface area contributed by atoms with Gasteiger partial charge < -0.3 is 30.9 Å². The molecule has 2 aromatic carbocycles. The van der Waals surface area contributed by atoms with Crippen LogP contribution in [0.15, 0.2) is 65.6 Å². The van der Waals surface area contributed by atoms with Gasteiger partial charge in [-0.1, -0.05) is 6.07 Å². The first-order chi connectivity index (χ1) is 17.9. The maximum absolute atomic E-state index is 12.7. The van der Waals surface area contributed by atoms with Gasteiger partial charge in [0.05, 0.1) is 23.7 Å². The van der Waals surface area contributed by atoms with Crippen LogP contribution in [0, 0.1) is 0 Å². The number of carbonyl (C=O) groups excluding carboxylic acids is 1. The van der Waals surface area contributed by atoms with E-state index >= 15 is 0 Å². The summed E-state index contributed by atoms with van der Waals surface area (Å²) in [5, 5.41) is 13.4. The molecule has 0 radical (unpaired) electrons. The average molecular weight is 498 g/mol. The third-order valence-electron chi connectivity index (χ3n) is 5.73. The fourth-order valence-electron chi connectivity index (χ4n) is 3.99. The summed E-state index contributed by atoms with van der Waals surface area (Å²) in [7, 11) is 1.55. The molecule has 186 valence electrons. The Morgan fingerprint density at radius 1 is 1.08 bits per heavy atom. The van der Waals surface area contributed by atoms with Gasteiger partial charge in [0.25, 0.3) is 11.5 Å². The van der Waals surface area contributed by atoms with Crippen LogP contribution in [0.5, 0.6) is 11.6 Å². The summed E-state index contributed by atoms with van der Waals surface area (Å²) in [6.45, 7) is 0.260. The summed E-state index contributed by atoms with van der Waals surface area (Å²) in [6.07, 6.45) is 1.96. The number of amides is 1. The standard InChI is InChI=1S/C26H23N7O4/c1-37-26-16(3-2-9-29-26)14-5-7-20(34)17(11-14)24-30-18-6-4-15(12-19(18)31-24)25(36)28-10-8-22-32-21(27)13-23(35)33-22/h2-7,9,11-13,34H,8,10H2,1H3,(H,28,36)(H,30,31)(H3,27,32,33,35). The van der Waals surface area contributed by atoms with E-state index in [4.69, 9.17) is 10.5 Å². The zero-order valence-electron chi connectivity index (χ0n) is 19.8. The van der Waals surface area contributed by atoms with E-state index in [9.17, 15) is 14.7 Å². The van der Waals surface area contributed by atoms with E-state index in [0.717, 1.165) is 11.1 Å². The minimum Gasteiger partial charge on any atom is -0.507 e. The van der Waals surface area contributed by atoms with Gasteiger partial charge >= 0.3 is 0 Å². The summed E-state index contributed by atoms with van der Waals surface area (Å²) in [5.74, 6) is 1.20. The smallest absolute Gasteiger partial charge is 0.252 e. The number of nitrogen functional groups attached to an aromatic ring is 1. The lowest BCUT2D eigenvalue weighted by Gasteiger charge is -2.09. The van der Waals surface area contributed by atoms with Crippen LogP contribution in [0.3, 0.4) is 0 Å². The highest BCUT2D eigenvalue weighted by atomic mass is 16.5. The van der Waals surface area contributed by atoms with Gasteiger partial charge in [-0.3, -0.25) is 9.59 Å². The van der Waals surface area contributed by atoms with E-state index in [1.807, 2.05) is 12.1 Å². The molecule has 5 aromatic rings. The zero-order chi connectivity index (χ0) is 25.9. The Morgan fingerprint density at radius 2 is 1.95 bits per heavy atom. The van der Waals surface area contributed by atoms with Crippen molar-refractivity contribution < 1.29 is 14.6 Å². The van der Waals surface area contributed by atoms with E-state index in [-0.39, 0.29) is 29.6 Å². The second kappa shape index (κ2) is 9.82. The van der Waals surface area contributed by atoms with Crippen molar-refractivity contribution in [1.29, 1.82) is 0 Å². The van der Waals surface area contributed by atoms with E-state index in [0.29, 0.717) is 46.1 Å². The molecule has 5 rings (SSSR count). The number of benzene rings is 2. The van der Waals surface area contributed by atoms with Crippen LogP contribution in [0.25, 0.3) is 33.5 Å². The number of hydrogen-bond acceptors (Lipinski definition) is 8. The minimum absolute atomic E-state index is 0.0526. The van der Waals surface area contributed by atoms with Crippen LogP contribution in [-0.4, -0.2) is 49.6 Å². The number of aromatic amines is 2. The van der Waals surface area contributed by atoms with E-state index in [1.165, 1.54) is 6.07 Å². The van der Waals surface area contributed by atoms with Gasteiger partial charge in [-0.2, -0.15) is 0 Å². The Balaban J connectivity index is 1.37. The molecule has 0 aliphatic rings. The van der Waals surface area contributed by atoms with Gasteiger partial charge in [0.2, 0.25) is 5.88 Å². The topological polar surface area (TPSA) is 172 Å². The highest BCUT2D eigenvalue weighted by molar-refractivity contribution is 5.97. The Hall–Kier alpha value is -5.19. The molecular formula is C26H23N7O4. The number of H-pyrrole nitrogens is 2. The number of imidazole rings is 1. The van der Waals surface area contributed by atoms with Crippen molar-refractivity contribution in [2.75, 3.05) is 19.4 Å². The van der Waals surface area contributed by atoms with Crippen molar-refractivity contribution in [3.63, 3.8) is 0 Å². The molecule has 0 bridgehead atoms. The molecule has 0 saturated heterocycles. The van der Waals surface area contributed by atoms with Crippen LogP contribution in [0.1, 0.15) is 16.2 Å². The number of anilines is 1. The first-order valence-electron chi connectivity index (χ1n) is 11.4. The molecule has 37 heavy (non-hydrogen) atoms. The summed E-state index contributed by atoms with van der Waals surface area (Å²) >= 11 is 0. The summed E-state index contributed by atoms with van der Waals surface area (Å²) in [6, 6.07) is 15.1. The lowest BCUT2D eigenvalue weighted by atomic mass is 10.0. The molecule has 0 aliphatic heterocycles.